The molecule has 1 aliphatic rings. The molecule has 0 radical (unpaired) electrons. The summed E-state index contributed by atoms with van der Waals surface area (Å²) in [6, 6.07) is 2.15. The minimum Gasteiger partial charge on any atom is -0.481 e. The molecule has 0 amide bonds. The highest BCUT2D eigenvalue weighted by Gasteiger charge is 2.34. The molecule has 1 aromatic rings. The van der Waals surface area contributed by atoms with Gasteiger partial charge in [0, 0.05) is 25.2 Å². The molecule has 1 aliphatic heterocycles. The van der Waals surface area contributed by atoms with Gasteiger partial charge in [-0.25, -0.2) is 4.39 Å². The van der Waals surface area contributed by atoms with E-state index in [4.69, 9.17) is 5.11 Å². The summed E-state index contributed by atoms with van der Waals surface area (Å²) in [5.74, 6) is -2.98. The van der Waals surface area contributed by atoms with Gasteiger partial charge in [-0.15, -0.1) is 0 Å². The maximum absolute atomic E-state index is 13.7. The summed E-state index contributed by atoms with van der Waals surface area (Å²) in [5, 5.41) is 18.6. The minimum atomic E-state index is -4.57. The highest BCUT2D eigenvalue weighted by Crippen LogP contribution is 2.31. The number of carboxylic acid groups (broad SMARTS) is 1. The van der Waals surface area contributed by atoms with Crippen LogP contribution in [0.15, 0.2) is 18.2 Å². The molecule has 1 fully saturated rings. The number of aliphatic hydroxyl groups is 1. The van der Waals surface area contributed by atoms with E-state index in [-0.39, 0.29) is 25.1 Å². The molecule has 1 heterocycles. The highest BCUT2D eigenvalue weighted by atomic mass is 19.4. The zero-order chi connectivity index (χ0) is 16.5. The second-order valence-corrected chi connectivity index (χ2v) is 5.34. The summed E-state index contributed by atoms with van der Waals surface area (Å²) in [5.41, 5.74) is -1.09. The predicted molar refractivity (Wildman–Crippen MR) is 68.4 cm³/mol. The fourth-order valence-electron chi connectivity index (χ4n) is 2.51. The molecule has 2 N–H and O–H groups in total. The summed E-state index contributed by atoms with van der Waals surface area (Å²) in [6.45, 7) is 0.124. The van der Waals surface area contributed by atoms with E-state index in [1.807, 2.05) is 0 Å². The van der Waals surface area contributed by atoms with Gasteiger partial charge in [-0.1, -0.05) is 0 Å². The van der Waals surface area contributed by atoms with Crippen LogP contribution in [0.2, 0.25) is 0 Å². The van der Waals surface area contributed by atoms with Gasteiger partial charge < -0.3 is 10.2 Å². The molecule has 1 saturated heterocycles. The smallest absolute Gasteiger partial charge is 0.416 e. The van der Waals surface area contributed by atoms with Gasteiger partial charge in [-0.3, -0.25) is 9.69 Å². The van der Waals surface area contributed by atoms with Gasteiger partial charge in [0.25, 0.3) is 0 Å². The Balaban J connectivity index is 2.15. The van der Waals surface area contributed by atoms with Gasteiger partial charge >= 0.3 is 12.1 Å². The Labute approximate surface area is 124 Å². The lowest BCUT2D eigenvalue weighted by molar-refractivity contribution is -0.149. The lowest BCUT2D eigenvalue weighted by Gasteiger charge is -2.34. The molecule has 0 aliphatic carbocycles. The Morgan fingerprint density at radius 1 is 1.36 bits per heavy atom. The van der Waals surface area contributed by atoms with Crippen LogP contribution in [0.3, 0.4) is 0 Å². The third-order valence-electron chi connectivity index (χ3n) is 3.74. The van der Waals surface area contributed by atoms with Gasteiger partial charge in [0.2, 0.25) is 0 Å². The van der Waals surface area contributed by atoms with E-state index >= 15 is 0 Å². The standard InChI is InChI=1S/C14H15F4NO3/c15-11-2-1-9(14(16,17)18)5-8(11)6-19-4-3-12(20)10(7-19)13(21)22/h1-2,5,10,12,20H,3-4,6-7H2,(H,21,22)/t10-,12-/m0/s1. The number of halogens is 4. The van der Waals surface area contributed by atoms with Crippen molar-refractivity contribution in [2.24, 2.45) is 5.92 Å². The van der Waals surface area contributed by atoms with Crippen molar-refractivity contribution < 1.29 is 32.6 Å². The molecule has 0 aromatic heterocycles. The topological polar surface area (TPSA) is 60.8 Å². The molecule has 22 heavy (non-hydrogen) atoms. The molecule has 2 atom stereocenters. The number of piperidine rings is 1. The van der Waals surface area contributed by atoms with Crippen LogP contribution in [0.4, 0.5) is 17.6 Å². The molecule has 122 valence electrons. The lowest BCUT2D eigenvalue weighted by atomic mass is 9.94. The molecule has 2 rings (SSSR count). The van der Waals surface area contributed by atoms with Crippen molar-refractivity contribution in [3.8, 4) is 0 Å². The van der Waals surface area contributed by atoms with Crippen LogP contribution < -0.4 is 0 Å². The molecule has 8 heteroatoms. The van der Waals surface area contributed by atoms with Crippen LogP contribution in [-0.2, 0) is 17.5 Å². The molecule has 0 saturated carbocycles. The number of rotatable bonds is 3. The first kappa shape index (κ1) is 16.7. The average molecular weight is 321 g/mol. The maximum Gasteiger partial charge on any atom is 0.416 e. The molecule has 4 nitrogen and oxygen atoms in total. The van der Waals surface area contributed by atoms with E-state index in [9.17, 15) is 27.5 Å². The first-order valence-electron chi connectivity index (χ1n) is 6.67. The van der Waals surface area contributed by atoms with Gasteiger partial charge in [0.15, 0.2) is 0 Å². The fraction of sp³-hybridized carbons (Fsp3) is 0.500. The third kappa shape index (κ3) is 3.75. The number of hydrogen-bond donors (Lipinski definition) is 2. The summed E-state index contributed by atoms with van der Waals surface area (Å²) in [4.78, 5) is 12.5. The molecule has 0 spiro atoms. The monoisotopic (exact) mass is 321 g/mol. The van der Waals surface area contributed by atoms with E-state index in [0.717, 1.165) is 12.1 Å². The van der Waals surface area contributed by atoms with Crippen molar-refractivity contribution in [2.75, 3.05) is 13.1 Å². The average Bonchev–Trinajstić information content (AvgIpc) is 2.41. The van der Waals surface area contributed by atoms with Crippen molar-refractivity contribution in [3.05, 3.63) is 35.1 Å². The Kier molecular flexibility index (Phi) is 4.72. The normalized spacial score (nSPS) is 23.5. The number of likely N-dealkylation sites (tertiary alicyclic amines) is 1. The number of hydrogen-bond acceptors (Lipinski definition) is 3. The molecule has 0 unspecified atom stereocenters. The minimum absolute atomic E-state index is 0.0355. The number of aliphatic carboxylic acids is 1. The quantitative estimate of drug-likeness (QED) is 0.837. The zero-order valence-corrected chi connectivity index (χ0v) is 11.5. The van der Waals surface area contributed by atoms with Crippen molar-refractivity contribution >= 4 is 5.97 Å². The number of nitrogens with zero attached hydrogens (tertiary/aromatic N) is 1. The van der Waals surface area contributed by atoms with Gasteiger partial charge in [0.05, 0.1) is 17.6 Å². The Morgan fingerprint density at radius 3 is 2.64 bits per heavy atom. The summed E-state index contributed by atoms with van der Waals surface area (Å²) in [7, 11) is 0. The van der Waals surface area contributed by atoms with Crippen molar-refractivity contribution in [1.29, 1.82) is 0 Å². The summed E-state index contributed by atoms with van der Waals surface area (Å²) in [6.07, 6.45) is -5.39. The van der Waals surface area contributed by atoms with Crippen LogP contribution in [0.5, 0.6) is 0 Å². The van der Waals surface area contributed by atoms with Crippen LogP contribution in [0.1, 0.15) is 17.5 Å². The summed E-state index contributed by atoms with van der Waals surface area (Å²) >= 11 is 0. The van der Waals surface area contributed by atoms with Crippen LogP contribution in [0, 0.1) is 11.7 Å². The summed E-state index contributed by atoms with van der Waals surface area (Å²) < 4.78 is 51.6. The van der Waals surface area contributed by atoms with E-state index in [1.165, 1.54) is 4.90 Å². The van der Waals surface area contributed by atoms with Gasteiger partial charge in [-0.05, 0) is 24.6 Å². The van der Waals surface area contributed by atoms with E-state index in [2.05, 4.69) is 0 Å². The molecule has 0 bridgehead atoms. The number of benzene rings is 1. The van der Waals surface area contributed by atoms with Crippen LogP contribution in [-0.4, -0.2) is 40.3 Å². The second kappa shape index (κ2) is 6.21. The number of alkyl halides is 3. The van der Waals surface area contributed by atoms with Gasteiger partial charge in [0.1, 0.15) is 5.82 Å². The van der Waals surface area contributed by atoms with Crippen LogP contribution in [0.25, 0.3) is 0 Å². The van der Waals surface area contributed by atoms with Crippen LogP contribution >= 0.6 is 0 Å². The van der Waals surface area contributed by atoms with Crippen molar-refractivity contribution in [3.63, 3.8) is 0 Å². The Morgan fingerprint density at radius 2 is 2.05 bits per heavy atom. The van der Waals surface area contributed by atoms with E-state index in [1.54, 1.807) is 0 Å². The molecule has 1 aromatic carbocycles. The lowest BCUT2D eigenvalue weighted by Crippen LogP contribution is -2.46. The SMILES string of the molecule is O=C(O)[C@H]1CN(Cc2cc(C(F)(F)F)ccc2F)CC[C@@H]1O. The highest BCUT2D eigenvalue weighted by molar-refractivity contribution is 5.71. The van der Waals surface area contributed by atoms with Gasteiger partial charge in [-0.2, -0.15) is 13.2 Å². The maximum atomic E-state index is 13.7. The fourth-order valence-corrected chi connectivity index (χ4v) is 2.51. The Hall–Kier alpha value is -1.67. The predicted octanol–water partition coefficient (Wildman–Crippen LogP) is 2.11. The van der Waals surface area contributed by atoms with E-state index < -0.39 is 35.5 Å². The largest absolute Gasteiger partial charge is 0.481 e. The van der Waals surface area contributed by atoms with E-state index in [0.29, 0.717) is 12.6 Å². The van der Waals surface area contributed by atoms with Crippen molar-refractivity contribution in [1.82, 2.24) is 4.90 Å². The molecular formula is C14H15F4NO3. The number of carboxylic acids is 1. The number of aliphatic hydroxyl groups excluding tert-OH is 1. The first-order valence-corrected chi connectivity index (χ1v) is 6.67. The Bertz CT molecular complexity index is 562. The third-order valence-corrected chi connectivity index (χ3v) is 3.74. The molecular weight excluding hydrogens is 306 g/mol. The number of carbonyl (C=O) groups is 1. The second-order valence-electron chi connectivity index (χ2n) is 5.34. The zero-order valence-electron chi connectivity index (χ0n) is 11.5. The first-order chi connectivity index (χ1) is 10.2. The van der Waals surface area contributed by atoms with Crippen molar-refractivity contribution in [2.45, 2.75) is 25.2 Å².